The molecule has 0 aliphatic carbocycles. The zero-order valence-electron chi connectivity index (χ0n) is 32.8. The molecule has 278 valence electrons. The number of rotatable bonds is 37. The van der Waals surface area contributed by atoms with E-state index in [0.29, 0.717) is 9.90 Å². The Morgan fingerprint density at radius 3 is 0.587 bits per heavy atom. The van der Waals surface area contributed by atoms with Crippen molar-refractivity contribution in [1.29, 1.82) is 0 Å². The second-order valence-corrected chi connectivity index (χ2v) is 17.4. The molecule has 0 spiro atoms. The Labute approximate surface area is 309 Å². The summed E-state index contributed by atoms with van der Waals surface area (Å²) in [6, 6.07) is 0. The van der Waals surface area contributed by atoms with E-state index >= 15 is 0 Å². The van der Waals surface area contributed by atoms with Gasteiger partial charge in [0, 0.05) is 12.8 Å². The molecular weight excluding hydrogens is 692 g/mol. The van der Waals surface area contributed by atoms with Crippen molar-refractivity contribution >= 4 is 31.9 Å². The number of unbranched alkanes of at least 4 members (excludes halogenated alkanes) is 19. The van der Waals surface area contributed by atoms with E-state index < -0.39 is 0 Å². The van der Waals surface area contributed by atoms with Crippen molar-refractivity contribution in [2.75, 3.05) is 39.3 Å². The molecule has 46 heavy (non-hydrogen) atoms. The highest BCUT2D eigenvalue weighted by Gasteiger charge is 2.33. The van der Waals surface area contributed by atoms with Gasteiger partial charge in [0.1, 0.15) is 9.90 Å². The van der Waals surface area contributed by atoms with Gasteiger partial charge in [-0.2, -0.15) is 0 Å². The molecule has 0 saturated heterocycles. The molecule has 0 saturated carbocycles. The lowest BCUT2D eigenvalue weighted by Gasteiger charge is -2.42. The van der Waals surface area contributed by atoms with Crippen molar-refractivity contribution in [3.8, 4) is 0 Å². The third-order valence-corrected chi connectivity index (χ3v) is 13.5. The van der Waals surface area contributed by atoms with Gasteiger partial charge in [-0.1, -0.05) is 157 Å². The molecule has 0 aliphatic rings. The maximum atomic E-state index is 4.15. The molecular formula is C42H88Br2N2+2. The number of quaternary nitrogens is 2. The monoisotopic (exact) mass is 779 g/mol. The smallest absolute Gasteiger partial charge is 0.144 e. The summed E-state index contributed by atoms with van der Waals surface area (Å²) in [5, 5.41) is 0. The summed E-state index contributed by atoms with van der Waals surface area (Å²) in [5.74, 6) is 0. The van der Waals surface area contributed by atoms with Gasteiger partial charge in [0.25, 0.3) is 0 Å². The number of halogens is 2. The molecule has 0 amide bonds. The summed E-state index contributed by atoms with van der Waals surface area (Å²) in [7, 11) is 0. The fourth-order valence-electron chi connectivity index (χ4n) is 8.54. The molecule has 0 radical (unpaired) electrons. The van der Waals surface area contributed by atoms with Gasteiger partial charge in [-0.3, -0.25) is 0 Å². The summed E-state index contributed by atoms with van der Waals surface area (Å²) >= 11 is 8.30. The topological polar surface area (TPSA) is 0 Å². The Morgan fingerprint density at radius 2 is 0.435 bits per heavy atom. The van der Waals surface area contributed by atoms with Gasteiger partial charge >= 0.3 is 0 Å². The van der Waals surface area contributed by atoms with Crippen molar-refractivity contribution in [1.82, 2.24) is 0 Å². The van der Waals surface area contributed by atoms with Gasteiger partial charge in [0.2, 0.25) is 0 Å². The molecule has 0 N–H and O–H groups in total. The Morgan fingerprint density at radius 1 is 0.283 bits per heavy atom. The number of hydrogen-bond acceptors (Lipinski definition) is 0. The van der Waals surface area contributed by atoms with Crippen LogP contribution in [0.5, 0.6) is 0 Å². The minimum Gasteiger partial charge on any atom is -0.312 e. The summed E-state index contributed by atoms with van der Waals surface area (Å²) in [6.07, 6.45) is 39.7. The van der Waals surface area contributed by atoms with E-state index in [4.69, 9.17) is 0 Å². The van der Waals surface area contributed by atoms with E-state index in [1.807, 2.05) is 0 Å². The highest BCUT2D eigenvalue weighted by molar-refractivity contribution is 9.09. The third kappa shape index (κ3) is 22.6. The molecule has 0 aliphatic heterocycles. The normalized spacial score (nSPS) is 13.8. The Balaban J connectivity index is 3.59. The van der Waals surface area contributed by atoms with Crippen LogP contribution in [-0.2, 0) is 0 Å². The molecule has 2 nitrogen and oxygen atoms in total. The maximum Gasteiger partial charge on any atom is 0.144 e. The largest absolute Gasteiger partial charge is 0.312 e. The molecule has 0 aromatic heterocycles. The number of hydrogen-bond donors (Lipinski definition) is 0. The second-order valence-electron chi connectivity index (χ2n) is 15.3. The van der Waals surface area contributed by atoms with E-state index in [1.54, 1.807) is 0 Å². The number of alkyl halides is 2. The van der Waals surface area contributed by atoms with Crippen LogP contribution in [0.25, 0.3) is 0 Å². The van der Waals surface area contributed by atoms with Crippen LogP contribution < -0.4 is 0 Å². The molecule has 0 heterocycles. The molecule has 0 fully saturated rings. The SMILES string of the molecule is CCC[N+](CCC)(CCC)C(Br)CCCCCCCCCCCCCCCCCCCCCCC(Br)[N+](CCC)(CCC)CCC. The van der Waals surface area contributed by atoms with Gasteiger partial charge < -0.3 is 8.97 Å². The van der Waals surface area contributed by atoms with E-state index in [9.17, 15) is 0 Å². The van der Waals surface area contributed by atoms with Crippen molar-refractivity contribution < 1.29 is 8.97 Å². The predicted octanol–water partition coefficient (Wildman–Crippen LogP) is 15.1. The lowest BCUT2D eigenvalue weighted by Crippen LogP contribution is -2.54. The molecule has 0 rings (SSSR count). The molecule has 0 aromatic carbocycles. The minimum absolute atomic E-state index is 0.664. The molecule has 0 aromatic rings. The van der Waals surface area contributed by atoms with Crippen LogP contribution in [0.3, 0.4) is 0 Å². The third-order valence-electron chi connectivity index (χ3n) is 10.8. The van der Waals surface area contributed by atoms with Crippen LogP contribution in [0.4, 0.5) is 0 Å². The van der Waals surface area contributed by atoms with Crippen molar-refractivity contribution in [3.05, 3.63) is 0 Å². The zero-order chi connectivity index (χ0) is 34.2. The lowest BCUT2D eigenvalue weighted by atomic mass is 10.0. The Hall–Kier alpha value is 0.880. The van der Waals surface area contributed by atoms with E-state index in [2.05, 4.69) is 73.4 Å². The standard InChI is InChI=1S/C42H88Br2N2/c1-7-35-45(36-8-2,37-9-3)41(43)33-31-29-27-25-23-21-19-17-15-13-14-16-18-20-22-24-26-28-30-32-34-42(44)46(38-10-4,39-11-5)40-12-6/h41-42H,7-40H2,1-6H3/q+2. The van der Waals surface area contributed by atoms with Crippen molar-refractivity contribution in [2.45, 2.75) is 231 Å². The van der Waals surface area contributed by atoms with Gasteiger partial charge in [-0.05, 0) is 83.2 Å². The average molecular weight is 781 g/mol. The quantitative estimate of drug-likeness (QED) is 0.0255. The van der Waals surface area contributed by atoms with Crippen LogP contribution >= 0.6 is 31.9 Å². The zero-order valence-corrected chi connectivity index (χ0v) is 36.0. The van der Waals surface area contributed by atoms with Crippen LogP contribution in [0.1, 0.15) is 221 Å². The fraction of sp³-hybridized carbons (Fsp3) is 1.00. The highest BCUT2D eigenvalue weighted by atomic mass is 79.9. The molecule has 2 atom stereocenters. The first kappa shape index (κ1) is 46.9. The predicted molar refractivity (Wildman–Crippen MR) is 218 cm³/mol. The summed E-state index contributed by atoms with van der Waals surface area (Å²) < 4.78 is 2.61. The molecule has 4 heteroatoms. The Kier molecular flexibility index (Phi) is 33.7. The fourth-order valence-corrected chi connectivity index (χ4v) is 10.4. The van der Waals surface area contributed by atoms with Crippen LogP contribution in [0.15, 0.2) is 0 Å². The van der Waals surface area contributed by atoms with Crippen molar-refractivity contribution in [3.63, 3.8) is 0 Å². The first-order valence-corrected chi connectivity index (χ1v) is 23.2. The van der Waals surface area contributed by atoms with E-state index in [0.717, 1.165) is 0 Å². The first-order chi connectivity index (χ1) is 22.4. The number of nitrogens with zero attached hydrogens (tertiary/aromatic N) is 2. The summed E-state index contributed by atoms with van der Waals surface area (Å²) in [5.41, 5.74) is 0. The Bertz CT molecular complexity index is 526. The summed E-state index contributed by atoms with van der Waals surface area (Å²) in [6.45, 7) is 22.2. The van der Waals surface area contributed by atoms with Gasteiger partial charge in [-0.25, -0.2) is 0 Å². The molecule has 2 unspecified atom stereocenters. The van der Waals surface area contributed by atoms with Gasteiger partial charge in [0.05, 0.1) is 39.3 Å². The van der Waals surface area contributed by atoms with Crippen LogP contribution in [0.2, 0.25) is 0 Å². The average Bonchev–Trinajstić information content (AvgIpc) is 3.03. The lowest BCUT2D eigenvalue weighted by molar-refractivity contribution is -0.936. The first-order valence-electron chi connectivity index (χ1n) is 21.4. The van der Waals surface area contributed by atoms with Gasteiger partial charge in [0.15, 0.2) is 0 Å². The van der Waals surface area contributed by atoms with E-state index in [-0.39, 0.29) is 0 Å². The van der Waals surface area contributed by atoms with E-state index in [1.165, 1.54) is 228 Å². The van der Waals surface area contributed by atoms with Crippen LogP contribution in [0, 0.1) is 0 Å². The minimum atomic E-state index is 0.664. The maximum absolute atomic E-state index is 4.15. The van der Waals surface area contributed by atoms with Crippen LogP contribution in [-0.4, -0.2) is 58.1 Å². The van der Waals surface area contributed by atoms with Gasteiger partial charge in [-0.15, -0.1) is 0 Å². The highest BCUT2D eigenvalue weighted by Crippen LogP contribution is 2.28. The second kappa shape index (κ2) is 33.0. The molecule has 0 bridgehead atoms. The summed E-state index contributed by atoms with van der Waals surface area (Å²) in [4.78, 5) is 1.33. The van der Waals surface area contributed by atoms with Crippen molar-refractivity contribution in [2.24, 2.45) is 0 Å².